The van der Waals surface area contributed by atoms with Crippen LogP contribution in [0.4, 0.5) is 5.82 Å². The van der Waals surface area contributed by atoms with Crippen LogP contribution in [0.1, 0.15) is 5.56 Å². The van der Waals surface area contributed by atoms with E-state index in [-0.39, 0.29) is 24.1 Å². The predicted molar refractivity (Wildman–Crippen MR) is 112 cm³/mol. The Morgan fingerprint density at radius 3 is 2.86 bits per heavy atom. The largest absolute Gasteiger partial charge is 0.336 e. The fourth-order valence-corrected chi connectivity index (χ4v) is 3.51. The molecule has 0 aliphatic rings. The Balaban J connectivity index is 1.54. The van der Waals surface area contributed by atoms with Gasteiger partial charge in [0.2, 0.25) is 11.8 Å². The number of likely N-dealkylation sites (N-methyl/N-ethyl adjacent to an activating group) is 1. The number of thioether (sulfide) groups is 1. The molecule has 0 atom stereocenters. The molecule has 0 aliphatic carbocycles. The van der Waals surface area contributed by atoms with Crippen molar-refractivity contribution in [2.75, 3.05) is 24.7 Å². The average molecular weight is 431 g/mol. The zero-order chi connectivity index (χ0) is 20.8. The molecule has 1 aromatic carbocycles. The minimum atomic E-state index is -0.314. The van der Waals surface area contributed by atoms with Crippen LogP contribution < -0.4 is 5.32 Å². The van der Waals surface area contributed by atoms with E-state index in [1.807, 2.05) is 25.1 Å². The second-order valence-electron chi connectivity index (χ2n) is 6.27. The van der Waals surface area contributed by atoms with E-state index in [1.54, 1.807) is 42.3 Å². The van der Waals surface area contributed by atoms with Gasteiger partial charge in [-0.05, 0) is 42.8 Å². The SMILES string of the molecule is Cc1ccnc(NC(=O)CN(C)C(=O)CSc2nncn2-c2cccc(Cl)c2)c1. The molecule has 0 spiro atoms. The molecule has 29 heavy (non-hydrogen) atoms. The number of rotatable bonds is 7. The van der Waals surface area contributed by atoms with Gasteiger partial charge < -0.3 is 10.2 Å². The lowest BCUT2D eigenvalue weighted by atomic mass is 10.3. The number of hydrogen-bond donors (Lipinski definition) is 1. The van der Waals surface area contributed by atoms with Crippen molar-refractivity contribution < 1.29 is 9.59 Å². The van der Waals surface area contributed by atoms with Gasteiger partial charge in [-0.3, -0.25) is 14.2 Å². The van der Waals surface area contributed by atoms with Crippen LogP contribution >= 0.6 is 23.4 Å². The molecule has 1 N–H and O–H groups in total. The third-order valence-electron chi connectivity index (χ3n) is 3.92. The van der Waals surface area contributed by atoms with E-state index in [4.69, 9.17) is 11.6 Å². The van der Waals surface area contributed by atoms with Gasteiger partial charge in [0.15, 0.2) is 5.16 Å². The second-order valence-corrected chi connectivity index (χ2v) is 7.65. The standard InChI is InChI=1S/C19H19ClN6O2S/c1-13-6-7-21-16(8-13)23-17(27)10-25(2)18(28)11-29-19-24-22-12-26(19)15-5-3-4-14(20)9-15/h3-9,12H,10-11H2,1-2H3,(H,21,23,27). The fourth-order valence-electron chi connectivity index (χ4n) is 2.45. The van der Waals surface area contributed by atoms with E-state index in [0.717, 1.165) is 11.3 Å². The van der Waals surface area contributed by atoms with Crippen LogP contribution in [0.15, 0.2) is 54.1 Å². The molecule has 3 aromatic rings. The molecule has 2 amide bonds. The Bertz CT molecular complexity index is 1030. The first-order valence-corrected chi connectivity index (χ1v) is 10.0. The van der Waals surface area contributed by atoms with E-state index < -0.39 is 0 Å². The normalized spacial score (nSPS) is 10.6. The Kier molecular flexibility index (Phi) is 6.84. The maximum absolute atomic E-state index is 12.4. The fraction of sp³-hybridized carbons (Fsp3) is 0.211. The van der Waals surface area contributed by atoms with E-state index in [2.05, 4.69) is 20.5 Å². The smallest absolute Gasteiger partial charge is 0.245 e. The number of amides is 2. The van der Waals surface area contributed by atoms with Gasteiger partial charge in [0, 0.05) is 18.3 Å². The van der Waals surface area contributed by atoms with E-state index in [1.165, 1.54) is 16.7 Å². The van der Waals surface area contributed by atoms with Crippen molar-refractivity contribution in [1.29, 1.82) is 0 Å². The van der Waals surface area contributed by atoms with Crippen LogP contribution in [0.3, 0.4) is 0 Å². The van der Waals surface area contributed by atoms with Gasteiger partial charge in [-0.1, -0.05) is 29.4 Å². The Morgan fingerprint density at radius 2 is 2.10 bits per heavy atom. The van der Waals surface area contributed by atoms with E-state index in [0.29, 0.717) is 16.0 Å². The molecular weight excluding hydrogens is 412 g/mol. The van der Waals surface area contributed by atoms with Crippen LogP contribution in [0.2, 0.25) is 5.02 Å². The third kappa shape index (κ3) is 5.78. The summed E-state index contributed by atoms with van der Waals surface area (Å²) in [7, 11) is 1.58. The number of nitrogens with one attached hydrogen (secondary N) is 1. The number of nitrogens with zero attached hydrogens (tertiary/aromatic N) is 5. The molecule has 2 heterocycles. The van der Waals surface area contributed by atoms with Gasteiger partial charge in [-0.15, -0.1) is 10.2 Å². The molecule has 0 radical (unpaired) electrons. The molecule has 0 saturated heterocycles. The Morgan fingerprint density at radius 1 is 1.28 bits per heavy atom. The van der Waals surface area contributed by atoms with Crippen molar-refractivity contribution in [3.8, 4) is 5.69 Å². The van der Waals surface area contributed by atoms with Crippen molar-refractivity contribution in [3.05, 3.63) is 59.5 Å². The number of hydrogen-bond acceptors (Lipinski definition) is 6. The Labute approximate surface area is 177 Å². The Hall–Kier alpha value is -2.91. The lowest BCUT2D eigenvalue weighted by molar-refractivity contribution is -0.131. The summed E-state index contributed by atoms with van der Waals surface area (Å²) in [5.74, 6) is 0.0556. The van der Waals surface area contributed by atoms with Crippen LogP contribution in [0.25, 0.3) is 5.69 Å². The summed E-state index contributed by atoms with van der Waals surface area (Å²) in [5.41, 5.74) is 1.79. The number of aromatic nitrogens is 4. The van der Waals surface area contributed by atoms with Gasteiger partial charge in [0.1, 0.15) is 12.1 Å². The zero-order valence-electron chi connectivity index (χ0n) is 15.9. The van der Waals surface area contributed by atoms with Crippen LogP contribution in [0.5, 0.6) is 0 Å². The number of anilines is 1. The lowest BCUT2D eigenvalue weighted by Crippen LogP contribution is -2.36. The summed E-state index contributed by atoms with van der Waals surface area (Å²) in [6, 6.07) is 10.9. The first kappa shape index (κ1) is 20.8. The minimum Gasteiger partial charge on any atom is -0.336 e. The molecule has 10 heteroatoms. The molecule has 150 valence electrons. The van der Waals surface area contributed by atoms with E-state index in [9.17, 15) is 9.59 Å². The molecule has 0 bridgehead atoms. The number of carbonyl (C=O) groups is 2. The molecular formula is C19H19ClN6O2S. The number of carbonyl (C=O) groups excluding carboxylic acids is 2. The van der Waals surface area contributed by atoms with Crippen LogP contribution in [-0.4, -0.2) is 55.8 Å². The lowest BCUT2D eigenvalue weighted by Gasteiger charge is -2.16. The molecule has 0 saturated carbocycles. The van der Waals surface area contributed by atoms with Crippen molar-refractivity contribution >= 4 is 41.0 Å². The van der Waals surface area contributed by atoms with E-state index >= 15 is 0 Å². The first-order chi connectivity index (χ1) is 13.9. The van der Waals surface area contributed by atoms with Crippen LogP contribution in [0, 0.1) is 6.92 Å². The molecule has 0 unspecified atom stereocenters. The molecule has 2 aromatic heterocycles. The molecule has 0 aliphatic heterocycles. The summed E-state index contributed by atoms with van der Waals surface area (Å²) in [6.45, 7) is 1.84. The summed E-state index contributed by atoms with van der Waals surface area (Å²) in [5, 5.41) is 11.8. The second kappa shape index (κ2) is 9.53. The average Bonchev–Trinajstić information content (AvgIpc) is 3.14. The minimum absolute atomic E-state index is 0.0734. The summed E-state index contributed by atoms with van der Waals surface area (Å²) in [4.78, 5) is 30.0. The maximum Gasteiger partial charge on any atom is 0.245 e. The number of pyridine rings is 1. The molecule has 8 nitrogen and oxygen atoms in total. The number of benzene rings is 1. The van der Waals surface area contributed by atoms with Gasteiger partial charge in [-0.2, -0.15) is 0 Å². The first-order valence-electron chi connectivity index (χ1n) is 8.67. The molecule has 0 fully saturated rings. The number of halogens is 1. The van der Waals surface area contributed by atoms with Gasteiger partial charge in [-0.25, -0.2) is 4.98 Å². The van der Waals surface area contributed by atoms with Gasteiger partial charge >= 0.3 is 0 Å². The summed E-state index contributed by atoms with van der Waals surface area (Å²) < 4.78 is 1.75. The predicted octanol–water partition coefficient (Wildman–Crippen LogP) is 2.81. The quantitative estimate of drug-likeness (QED) is 0.579. The van der Waals surface area contributed by atoms with Gasteiger partial charge in [0.25, 0.3) is 0 Å². The third-order valence-corrected chi connectivity index (χ3v) is 5.08. The highest BCUT2D eigenvalue weighted by Gasteiger charge is 2.16. The van der Waals surface area contributed by atoms with Crippen molar-refractivity contribution in [2.45, 2.75) is 12.1 Å². The highest BCUT2D eigenvalue weighted by atomic mass is 35.5. The number of aryl methyl sites for hydroxylation is 1. The van der Waals surface area contributed by atoms with Crippen molar-refractivity contribution in [2.24, 2.45) is 0 Å². The van der Waals surface area contributed by atoms with Crippen LogP contribution in [-0.2, 0) is 9.59 Å². The zero-order valence-corrected chi connectivity index (χ0v) is 17.4. The summed E-state index contributed by atoms with van der Waals surface area (Å²) >= 11 is 7.27. The maximum atomic E-state index is 12.4. The highest BCUT2D eigenvalue weighted by Crippen LogP contribution is 2.21. The molecule has 3 rings (SSSR count). The monoisotopic (exact) mass is 430 g/mol. The topological polar surface area (TPSA) is 93.0 Å². The van der Waals surface area contributed by atoms with Crippen molar-refractivity contribution in [3.63, 3.8) is 0 Å². The van der Waals surface area contributed by atoms with Gasteiger partial charge in [0.05, 0.1) is 18.0 Å². The highest BCUT2D eigenvalue weighted by molar-refractivity contribution is 7.99. The van der Waals surface area contributed by atoms with Crippen molar-refractivity contribution in [1.82, 2.24) is 24.6 Å². The summed E-state index contributed by atoms with van der Waals surface area (Å²) in [6.07, 6.45) is 3.18.